The third-order valence-electron chi connectivity index (χ3n) is 3.07. The minimum Gasteiger partial charge on any atom is -0.317 e. The Labute approximate surface area is 114 Å². The number of hydrogen-bond acceptors (Lipinski definition) is 0. The smallest absolute Gasteiger partial charge is 0.0528 e. The maximum atomic E-state index is 4.19. The van der Waals surface area contributed by atoms with Crippen LogP contribution in [0.2, 0.25) is 0 Å². The molecule has 18 heavy (non-hydrogen) atoms. The van der Waals surface area contributed by atoms with Gasteiger partial charge in [0, 0.05) is 16.4 Å². The zero-order valence-corrected chi connectivity index (χ0v) is 11.4. The van der Waals surface area contributed by atoms with Gasteiger partial charge >= 0.3 is 0 Å². The van der Waals surface area contributed by atoms with Gasteiger partial charge in [-0.15, -0.1) is 0 Å². The number of hydrogen-bond donors (Lipinski definition) is 0. The van der Waals surface area contributed by atoms with Gasteiger partial charge in [-0.3, -0.25) is 0 Å². The predicted octanol–water partition coefficient (Wildman–Crippen LogP) is 4.92. The van der Waals surface area contributed by atoms with Gasteiger partial charge in [-0.2, -0.15) is 0 Å². The van der Waals surface area contributed by atoms with Crippen LogP contribution in [0.5, 0.6) is 0 Å². The maximum Gasteiger partial charge on any atom is 0.0528 e. The van der Waals surface area contributed by atoms with Crippen LogP contribution in [-0.2, 0) is 0 Å². The molecule has 3 aromatic rings. The second-order valence-electron chi connectivity index (χ2n) is 4.20. The van der Waals surface area contributed by atoms with Gasteiger partial charge in [-0.05, 0) is 35.2 Å². The van der Waals surface area contributed by atoms with Crippen molar-refractivity contribution >= 4 is 32.5 Å². The number of halogens is 1. The third kappa shape index (κ3) is 1.89. The molecule has 0 radical (unpaired) electrons. The van der Waals surface area contributed by atoms with E-state index in [1.54, 1.807) is 0 Å². The minimum atomic E-state index is 0.990. The van der Waals surface area contributed by atoms with Crippen molar-refractivity contribution in [3.63, 3.8) is 0 Å². The summed E-state index contributed by atoms with van der Waals surface area (Å²) >= 11 is 3.45. The van der Waals surface area contributed by atoms with Crippen molar-refractivity contribution in [2.24, 2.45) is 0 Å². The normalized spacial score (nSPS) is 10.7. The monoisotopic (exact) mass is 297 g/mol. The Morgan fingerprint density at radius 1 is 0.944 bits per heavy atom. The topological polar surface area (TPSA) is 4.93 Å². The number of para-hydroxylation sites is 1. The fraction of sp³-hybridized carbons (Fsp3) is 0. The first-order valence-corrected chi connectivity index (χ1v) is 6.56. The fourth-order valence-electron chi connectivity index (χ4n) is 2.10. The van der Waals surface area contributed by atoms with Gasteiger partial charge in [-0.25, -0.2) is 0 Å². The van der Waals surface area contributed by atoms with Gasteiger partial charge < -0.3 is 4.57 Å². The minimum absolute atomic E-state index is 0.990. The van der Waals surface area contributed by atoms with E-state index in [0.29, 0.717) is 0 Å². The van der Waals surface area contributed by atoms with Crippen LogP contribution in [0.1, 0.15) is 5.56 Å². The Morgan fingerprint density at radius 3 is 2.44 bits per heavy atom. The molecule has 0 aliphatic carbocycles. The largest absolute Gasteiger partial charge is 0.317 e. The van der Waals surface area contributed by atoms with Crippen molar-refractivity contribution < 1.29 is 0 Å². The summed E-state index contributed by atoms with van der Waals surface area (Å²) in [6.07, 6.45) is 2.06. The van der Waals surface area contributed by atoms with Gasteiger partial charge in [0.1, 0.15) is 0 Å². The summed E-state index contributed by atoms with van der Waals surface area (Å²) in [5.74, 6) is 0. The van der Waals surface area contributed by atoms with Crippen LogP contribution in [0.15, 0.2) is 71.8 Å². The molecule has 88 valence electrons. The Kier molecular flexibility index (Phi) is 2.80. The Bertz CT molecular complexity index is 707. The summed E-state index contributed by atoms with van der Waals surface area (Å²) in [5.41, 5.74) is 3.30. The van der Waals surface area contributed by atoms with Crippen LogP contribution in [0, 0.1) is 0 Å². The molecule has 0 bridgehead atoms. The molecule has 0 N–H and O–H groups in total. The summed E-state index contributed by atoms with van der Waals surface area (Å²) in [7, 11) is 0. The summed E-state index contributed by atoms with van der Waals surface area (Å²) in [4.78, 5) is 0. The molecule has 1 aromatic heterocycles. The van der Waals surface area contributed by atoms with Crippen molar-refractivity contribution in [1.29, 1.82) is 0 Å². The molecular weight excluding hydrogens is 286 g/mol. The van der Waals surface area contributed by atoms with E-state index in [-0.39, 0.29) is 0 Å². The molecule has 3 rings (SSSR count). The number of benzene rings is 2. The van der Waals surface area contributed by atoms with Gasteiger partial charge in [0.05, 0.1) is 5.52 Å². The van der Waals surface area contributed by atoms with Crippen LogP contribution in [0.25, 0.3) is 16.6 Å². The molecule has 0 unspecified atom stereocenters. The Morgan fingerprint density at radius 2 is 1.67 bits per heavy atom. The summed E-state index contributed by atoms with van der Waals surface area (Å²) < 4.78 is 3.20. The van der Waals surface area contributed by atoms with E-state index >= 15 is 0 Å². The van der Waals surface area contributed by atoms with E-state index in [2.05, 4.69) is 69.7 Å². The first kappa shape index (κ1) is 11.3. The lowest BCUT2D eigenvalue weighted by Crippen LogP contribution is -1.95. The second-order valence-corrected chi connectivity index (χ2v) is 5.11. The molecule has 0 atom stereocenters. The highest BCUT2D eigenvalue weighted by molar-refractivity contribution is 9.10. The average Bonchev–Trinajstić information content (AvgIpc) is 2.82. The highest BCUT2D eigenvalue weighted by atomic mass is 79.9. The van der Waals surface area contributed by atoms with Crippen molar-refractivity contribution in [2.75, 3.05) is 0 Å². The highest BCUT2D eigenvalue weighted by Gasteiger charge is 2.05. The van der Waals surface area contributed by atoms with Crippen LogP contribution < -0.4 is 0 Å². The van der Waals surface area contributed by atoms with Crippen molar-refractivity contribution in [1.82, 2.24) is 4.57 Å². The predicted molar refractivity (Wildman–Crippen MR) is 80.5 cm³/mol. The molecule has 0 aliphatic heterocycles. The zero-order chi connectivity index (χ0) is 12.5. The van der Waals surface area contributed by atoms with Crippen LogP contribution in [-0.4, -0.2) is 4.57 Å². The van der Waals surface area contributed by atoms with E-state index in [9.17, 15) is 0 Å². The van der Waals surface area contributed by atoms with Crippen LogP contribution in [0.3, 0.4) is 0 Å². The molecule has 1 heterocycles. The molecule has 0 spiro atoms. The lowest BCUT2D eigenvalue weighted by atomic mass is 10.1. The van der Waals surface area contributed by atoms with E-state index in [1.807, 2.05) is 18.2 Å². The Balaban J connectivity index is 2.09. The average molecular weight is 298 g/mol. The molecule has 0 fully saturated rings. The van der Waals surface area contributed by atoms with Gasteiger partial charge in [0.15, 0.2) is 0 Å². The number of aromatic nitrogens is 1. The summed E-state index contributed by atoms with van der Waals surface area (Å²) in [6.45, 7) is 4.19. The molecule has 0 aliphatic rings. The van der Waals surface area contributed by atoms with Crippen molar-refractivity contribution in [3.05, 3.63) is 77.4 Å². The Hall–Kier alpha value is -1.80. The summed E-state index contributed by atoms with van der Waals surface area (Å²) in [5, 5.41) is 1.23. The fourth-order valence-corrected chi connectivity index (χ4v) is 2.36. The van der Waals surface area contributed by atoms with Crippen LogP contribution in [0.4, 0.5) is 0 Å². The lowest BCUT2D eigenvalue weighted by molar-refractivity contribution is 1.17. The highest BCUT2D eigenvalue weighted by Crippen LogP contribution is 2.24. The summed E-state index contributed by atoms with van der Waals surface area (Å²) in [6, 6.07) is 18.6. The molecule has 0 saturated heterocycles. The molecule has 0 saturated carbocycles. The molecular formula is C16H12BrN. The van der Waals surface area contributed by atoms with Gasteiger partial charge in [-0.1, -0.05) is 52.8 Å². The first-order chi connectivity index (χ1) is 8.75. The number of rotatable bonds is 2. The van der Waals surface area contributed by atoms with Crippen molar-refractivity contribution in [3.8, 4) is 0 Å². The van der Waals surface area contributed by atoms with Gasteiger partial charge in [0.2, 0.25) is 0 Å². The van der Waals surface area contributed by atoms with E-state index < -0.39 is 0 Å². The maximum absolute atomic E-state index is 4.19. The quantitative estimate of drug-likeness (QED) is 0.632. The van der Waals surface area contributed by atoms with Gasteiger partial charge in [0.25, 0.3) is 0 Å². The first-order valence-electron chi connectivity index (χ1n) is 5.77. The molecule has 2 aromatic carbocycles. The van der Waals surface area contributed by atoms with E-state index in [0.717, 1.165) is 15.7 Å². The van der Waals surface area contributed by atoms with E-state index in [1.165, 1.54) is 10.9 Å². The van der Waals surface area contributed by atoms with Crippen molar-refractivity contribution in [2.45, 2.75) is 0 Å². The molecule has 0 amide bonds. The molecule has 2 heteroatoms. The zero-order valence-electron chi connectivity index (χ0n) is 9.81. The second kappa shape index (κ2) is 4.46. The molecule has 1 nitrogen and oxygen atoms in total. The SMILES string of the molecule is C=C(c1ccc(Br)cc1)n1ccc2ccccc21. The standard InChI is InChI=1S/C16H12BrN/c1-12(13-6-8-15(17)9-7-13)18-11-10-14-4-2-3-5-16(14)18/h2-11H,1H2. The lowest BCUT2D eigenvalue weighted by Gasteiger charge is -2.09. The number of nitrogens with zero attached hydrogens (tertiary/aromatic N) is 1. The van der Waals surface area contributed by atoms with E-state index in [4.69, 9.17) is 0 Å². The number of fused-ring (bicyclic) bond motifs is 1. The van der Waals surface area contributed by atoms with Crippen LogP contribution >= 0.6 is 15.9 Å². The third-order valence-corrected chi connectivity index (χ3v) is 3.60.